The zero-order chi connectivity index (χ0) is 18.7. The highest BCUT2D eigenvalue weighted by Gasteiger charge is 2.30. The first-order valence-corrected chi connectivity index (χ1v) is 10.5. The van der Waals surface area contributed by atoms with Crippen LogP contribution < -0.4 is 4.72 Å². The quantitative estimate of drug-likeness (QED) is 0.588. The van der Waals surface area contributed by atoms with Crippen molar-refractivity contribution in [3.05, 3.63) is 65.2 Å². The molecule has 1 aliphatic rings. The van der Waals surface area contributed by atoms with Gasteiger partial charge >= 0.3 is 0 Å². The Bertz CT molecular complexity index is 775. The summed E-state index contributed by atoms with van der Waals surface area (Å²) in [5, 5.41) is 9.71. The molecule has 2 aromatic rings. The highest BCUT2D eigenvalue weighted by Crippen LogP contribution is 2.45. The standard InChI is InChI=1S/C23H29NOS/c1-16-13-19(15-23(2,3)14-16)22(18-7-11-21(25)12-8-18)17-5-9-20(10-6-17)24-26-4/h5-12,16,24-25H,13-15H2,1-4H3/b22-19-. The Kier molecular flexibility index (Phi) is 5.67. The number of phenols is 1. The van der Waals surface area contributed by atoms with Gasteiger partial charge in [-0.05, 0) is 71.6 Å². The maximum atomic E-state index is 9.71. The number of aromatic hydroxyl groups is 1. The number of hydrogen-bond donors (Lipinski definition) is 2. The van der Waals surface area contributed by atoms with Gasteiger partial charge in [-0.25, -0.2) is 0 Å². The van der Waals surface area contributed by atoms with Crippen molar-refractivity contribution in [2.75, 3.05) is 11.0 Å². The highest BCUT2D eigenvalue weighted by molar-refractivity contribution is 7.99. The Hall–Kier alpha value is -1.87. The van der Waals surface area contributed by atoms with Crippen molar-refractivity contribution >= 4 is 23.2 Å². The number of benzene rings is 2. The van der Waals surface area contributed by atoms with E-state index >= 15 is 0 Å². The molecule has 2 nitrogen and oxygen atoms in total. The van der Waals surface area contributed by atoms with E-state index in [2.05, 4.69) is 49.8 Å². The summed E-state index contributed by atoms with van der Waals surface area (Å²) in [6.45, 7) is 7.12. The molecule has 0 aromatic heterocycles. The zero-order valence-corrected chi connectivity index (χ0v) is 17.0. The van der Waals surface area contributed by atoms with Crippen molar-refractivity contribution in [3.8, 4) is 5.75 Å². The number of phenolic OH excluding ortho intramolecular Hbond substituents is 1. The lowest BCUT2D eigenvalue weighted by atomic mass is 9.68. The smallest absolute Gasteiger partial charge is 0.115 e. The first-order valence-electron chi connectivity index (χ1n) is 9.29. The molecule has 0 heterocycles. The van der Waals surface area contributed by atoms with E-state index in [9.17, 15) is 5.11 Å². The molecular formula is C23H29NOS. The first kappa shape index (κ1) is 18.9. The summed E-state index contributed by atoms with van der Waals surface area (Å²) in [6, 6.07) is 16.4. The first-order chi connectivity index (χ1) is 12.4. The normalized spacial score (nSPS) is 21.3. The fourth-order valence-corrected chi connectivity index (χ4v) is 4.75. The molecule has 2 aromatic carbocycles. The van der Waals surface area contributed by atoms with E-state index in [0.717, 1.165) is 18.5 Å². The Morgan fingerprint density at radius 2 is 1.62 bits per heavy atom. The van der Waals surface area contributed by atoms with Crippen LogP contribution in [0.15, 0.2) is 54.1 Å². The second-order valence-corrected chi connectivity index (χ2v) is 8.88. The van der Waals surface area contributed by atoms with Crippen molar-refractivity contribution in [3.63, 3.8) is 0 Å². The third kappa shape index (κ3) is 4.45. The molecule has 138 valence electrons. The van der Waals surface area contributed by atoms with Crippen LogP contribution in [-0.2, 0) is 0 Å². The van der Waals surface area contributed by atoms with Gasteiger partial charge in [0.25, 0.3) is 0 Å². The fourth-order valence-electron chi connectivity index (χ4n) is 4.37. The summed E-state index contributed by atoms with van der Waals surface area (Å²) in [7, 11) is 0. The highest BCUT2D eigenvalue weighted by atomic mass is 32.2. The van der Waals surface area contributed by atoms with E-state index < -0.39 is 0 Å². The molecule has 1 atom stereocenters. The van der Waals surface area contributed by atoms with Crippen LogP contribution in [0, 0.1) is 11.3 Å². The van der Waals surface area contributed by atoms with Gasteiger partial charge in [-0.15, -0.1) is 0 Å². The summed E-state index contributed by atoms with van der Waals surface area (Å²) in [5.41, 5.74) is 6.75. The summed E-state index contributed by atoms with van der Waals surface area (Å²) < 4.78 is 3.29. The summed E-state index contributed by atoms with van der Waals surface area (Å²) >= 11 is 1.61. The van der Waals surface area contributed by atoms with Crippen LogP contribution in [0.2, 0.25) is 0 Å². The van der Waals surface area contributed by atoms with Crippen molar-refractivity contribution in [2.24, 2.45) is 11.3 Å². The van der Waals surface area contributed by atoms with Gasteiger partial charge in [-0.1, -0.05) is 62.6 Å². The van der Waals surface area contributed by atoms with Gasteiger partial charge in [-0.2, -0.15) is 0 Å². The summed E-state index contributed by atoms with van der Waals surface area (Å²) in [6.07, 6.45) is 5.57. The lowest BCUT2D eigenvalue weighted by molar-refractivity contribution is 0.235. The van der Waals surface area contributed by atoms with E-state index in [1.54, 1.807) is 24.1 Å². The van der Waals surface area contributed by atoms with Gasteiger partial charge in [0.05, 0.1) is 0 Å². The number of nitrogens with one attached hydrogen (secondary N) is 1. The van der Waals surface area contributed by atoms with Crippen LogP contribution in [0.5, 0.6) is 5.75 Å². The maximum Gasteiger partial charge on any atom is 0.115 e. The van der Waals surface area contributed by atoms with Gasteiger partial charge < -0.3 is 9.83 Å². The largest absolute Gasteiger partial charge is 0.508 e. The molecule has 0 radical (unpaired) electrons. The molecule has 26 heavy (non-hydrogen) atoms. The van der Waals surface area contributed by atoms with Gasteiger partial charge in [0.2, 0.25) is 0 Å². The zero-order valence-electron chi connectivity index (χ0n) is 16.2. The third-order valence-electron chi connectivity index (χ3n) is 5.09. The third-order valence-corrected chi connectivity index (χ3v) is 5.53. The van der Waals surface area contributed by atoms with Gasteiger partial charge in [0.15, 0.2) is 0 Å². The average Bonchev–Trinajstić information content (AvgIpc) is 2.57. The average molecular weight is 368 g/mol. The van der Waals surface area contributed by atoms with Crippen molar-refractivity contribution in [2.45, 2.75) is 40.0 Å². The predicted octanol–water partition coefficient (Wildman–Crippen LogP) is 6.73. The summed E-state index contributed by atoms with van der Waals surface area (Å²) in [4.78, 5) is 0. The summed E-state index contributed by atoms with van der Waals surface area (Å²) in [5.74, 6) is 1.01. The maximum absolute atomic E-state index is 9.71. The predicted molar refractivity (Wildman–Crippen MR) is 115 cm³/mol. The number of anilines is 1. The van der Waals surface area contributed by atoms with Gasteiger partial charge in [0, 0.05) is 11.9 Å². The second-order valence-electron chi connectivity index (χ2n) is 8.26. The second kappa shape index (κ2) is 7.79. The van der Waals surface area contributed by atoms with Crippen LogP contribution in [-0.4, -0.2) is 11.4 Å². The minimum Gasteiger partial charge on any atom is -0.508 e. The number of allylic oxidation sites excluding steroid dienone is 1. The van der Waals surface area contributed by atoms with E-state index in [0.29, 0.717) is 17.1 Å². The Balaban J connectivity index is 2.10. The van der Waals surface area contributed by atoms with E-state index in [1.807, 2.05) is 18.4 Å². The van der Waals surface area contributed by atoms with Crippen LogP contribution in [0.3, 0.4) is 0 Å². The van der Waals surface area contributed by atoms with E-state index in [4.69, 9.17) is 0 Å². The molecule has 0 bridgehead atoms. The van der Waals surface area contributed by atoms with Crippen LogP contribution in [0.25, 0.3) is 5.57 Å². The molecule has 2 N–H and O–H groups in total. The number of rotatable bonds is 4. The van der Waals surface area contributed by atoms with Crippen LogP contribution in [0.1, 0.15) is 51.2 Å². The fraction of sp³-hybridized carbons (Fsp3) is 0.391. The molecule has 0 amide bonds. The monoisotopic (exact) mass is 367 g/mol. The molecule has 1 fully saturated rings. The van der Waals surface area contributed by atoms with E-state index in [1.165, 1.54) is 28.7 Å². The molecule has 1 unspecified atom stereocenters. The SMILES string of the molecule is CSNc1ccc(/C(=C2\CC(C)CC(C)(C)C2)c2ccc(O)cc2)cc1. The molecule has 1 aliphatic carbocycles. The lowest BCUT2D eigenvalue weighted by Gasteiger charge is -2.37. The van der Waals surface area contributed by atoms with Crippen LogP contribution >= 0.6 is 11.9 Å². The molecule has 0 spiro atoms. The number of hydrogen-bond acceptors (Lipinski definition) is 3. The van der Waals surface area contributed by atoms with Gasteiger partial charge in [0.1, 0.15) is 5.75 Å². The molecule has 3 rings (SSSR count). The Morgan fingerprint density at radius 1 is 1.04 bits per heavy atom. The molecule has 0 aliphatic heterocycles. The molecule has 3 heteroatoms. The molecular weight excluding hydrogens is 338 g/mol. The van der Waals surface area contributed by atoms with Crippen molar-refractivity contribution < 1.29 is 5.11 Å². The lowest BCUT2D eigenvalue weighted by Crippen LogP contribution is -2.23. The topological polar surface area (TPSA) is 32.3 Å². The van der Waals surface area contributed by atoms with Crippen molar-refractivity contribution in [1.82, 2.24) is 0 Å². The molecule has 0 saturated heterocycles. The van der Waals surface area contributed by atoms with Crippen LogP contribution in [0.4, 0.5) is 5.69 Å². The van der Waals surface area contributed by atoms with E-state index in [-0.39, 0.29) is 0 Å². The minimum absolute atomic E-state index is 0.315. The molecule has 1 saturated carbocycles. The van der Waals surface area contributed by atoms with Gasteiger partial charge in [-0.3, -0.25) is 0 Å². The van der Waals surface area contributed by atoms with Crippen molar-refractivity contribution in [1.29, 1.82) is 0 Å². The Labute approximate surface area is 161 Å². The Morgan fingerprint density at radius 3 is 2.15 bits per heavy atom. The minimum atomic E-state index is 0.315.